The number of ether oxygens (including phenoxy) is 2. The Kier molecular flexibility index (Phi) is 7.74. The van der Waals surface area contributed by atoms with E-state index >= 15 is 0 Å². The summed E-state index contributed by atoms with van der Waals surface area (Å²) in [6.07, 6.45) is 1.31. The molecule has 34 heavy (non-hydrogen) atoms. The van der Waals surface area contributed by atoms with Gasteiger partial charge in [0.05, 0.1) is 22.1 Å². The Morgan fingerprint density at radius 3 is 2.50 bits per heavy atom. The number of nitrogens with one attached hydrogen (secondary N) is 1. The number of amides is 1. The van der Waals surface area contributed by atoms with Crippen LogP contribution in [-0.2, 0) is 4.79 Å². The Morgan fingerprint density at radius 1 is 1.12 bits per heavy atom. The van der Waals surface area contributed by atoms with Crippen molar-refractivity contribution in [1.29, 1.82) is 5.26 Å². The Labute approximate surface area is 202 Å². The number of nitrogens with zero attached hydrogens (tertiary/aromatic N) is 2. The summed E-state index contributed by atoms with van der Waals surface area (Å²) < 4.78 is 11.2. The molecule has 0 unspecified atom stereocenters. The molecular weight excluding hydrogens is 506 g/mol. The molecule has 1 amide bonds. The summed E-state index contributed by atoms with van der Waals surface area (Å²) in [6.45, 7) is 0. The third-order valence-corrected chi connectivity index (χ3v) is 5.04. The van der Waals surface area contributed by atoms with Crippen LogP contribution in [0.2, 0.25) is 0 Å². The van der Waals surface area contributed by atoms with Gasteiger partial charge in [-0.1, -0.05) is 24.3 Å². The normalized spacial score (nSPS) is 10.7. The zero-order valence-corrected chi connectivity index (χ0v) is 19.2. The van der Waals surface area contributed by atoms with Crippen molar-refractivity contribution in [3.05, 3.63) is 98.0 Å². The van der Waals surface area contributed by atoms with E-state index in [1.807, 2.05) is 0 Å². The molecule has 10 heteroatoms. The Balaban J connectivity index is 1.86. The van der Waals surface area contributed by atoms with Crippen LogP contribution in [0.3, 0.4) is 0 Å². The Bertz CT molecular complexity index is 1330. The van der Waals surface area contributed by atoms with Crippen molar-refractivity contribution in [3.8, 4) is 17.6 Å². The number of nitriles is 1. The van der Waals surface area contributed by atoms with Crippen molar-refractivity contribution < 1.29 is 24.0 Å². The lowest BCUT2D eigenvalue weighted by molar-refractivity contribution is -0.384. The number of nitro benzene ring substituents is 1. The molecule has 0 atom stereocenters. The predicted molar refractivity (Wildman–Crippen MR) is 127 cm³/mol. The summed E-state index contributed by atoms with van der Waals surface area (Å²) >= 11 is 3.33. The molecule has 9 nitrogen and oxygen atoms in total. The van der Waals surface area contributed by atoms with Gasteiger partial charge in [0.2, 0.25) is 0 Å². The van der Waals surface area contributed by atoms with Gasteiger partial charge in [-0.25, -0.2) is 4.79 Å². The molecule has 0 aromatic heterocycles. The summed E-state index contributed by atoms with van der Waals surface area (Å²) in [5, 5.41) is 22.9. The number of non-ortho nitro benzene ring substituents is 1. The number of carbonyl (C=O) groups excluding carboxylic acids is 2. The highest BCUT2D eigenvalue weighted by Crippen LogP contribution is 2.37. The fourth-order valence-corrected chi connectivity index (χ4v) is 3.40. The van der Waals surface area contributed by atoms with Gasteiger partial charge < -0.3 is 14.8 Å². The van der Waals surface area contributed by atoms with Crippen LogP contribution in [0.15, 0.2) is 76.8 Å². The number of methoxy groups -OCH3 is 1. The number of hydrogen-bond donors (Lipinski definition) is 1. The monoisotopic (exact) mass is 521 g/mol. The fraction of sp³-hybridized carbons (Fsp3) is 0.0417. The molecule has 3 aromatic rings. The van der Waals surface area contributed by atoms with Crippen molar-refractivity contribution in [1.82, 2.24) is 0 Å². The van der Waals surface area contributed by atoms with Gasteiger partial charge in [0.15, 0.2) is 11.5 Å². The molecule has 0 radical (unpaired) electrons. The van der Waals surface area contributed by atoms with Crippen LogP contribution in [0, 0.1) is 21.4 Å². The smallest absolute Gasteiger partial charge is 0.343 e. The first-order valence-corrected chi connectivity index (χ1v) is 10.4. The van der Waals surface area contributed by atoms with E-state index in [4.69, 9.17) is 9.47 Å². The second-order valence-corrected chi connectivity index (χ2v) is 7.58. The van der Waals surface area contributed by atoms with E-state index in [0.717, 1.165) is 0 Å². The van der Waals surface area contributed by atoms with Crippen LogP contribution in [0.4, 0.5) is 11.4 Å². The van der Waals surface area contributed by atoms with Crippen LogP contribution in [-0.4, -0.2) is 23.9 Å². The first-order valence-electron chi connectivity index (χ1n) is 9.64. The lowest BCUT2D eigenvalue weighted by Crippen LogP contribution is -2.13. The maximum Gasteiger partial charge on any atom is 0.343 e. The van der Waals surface area contributed by atoms with Gasteiger partial charge in [0.1, 0.15) is 11.6 Å². The lowest BCUT2D eigenvalue weighted by atomic mass is 10.1. The number of hydrogen-bond acceptors (Lipinski definition) is 7. The number of nitro groups is 1. The molecule has 0 aliphatic heterocycles. The Hall–Kier alpha value is -4.49. The second kappa shape index (κ2) is 10.9. The maximum absolute atomic E-state index is 12.6. The van der Waals surface area contributed by atoms with Crippen molar-refractivity contribution in [2.24, 2.45) is 0 Å². The number of anilines is 1. The lowest BCUT2D eigenvalue weighted by Gasteiger charge is -2.12. The van der Waals surface area contributed by atoms with Gasteiger partial charge in [-0.15, -0.1) is 0 Å². The predicted octanol–water partition coefficient (Wildman–Crippen LogP) is 5.13. The molecule has 0 aliphatic rings. The molecule has 0 heterocycles. The standard InChI is InChI=1S/C24H16BrN3O6/c1-33-21-12-15(11-20(25)22(21)34-24(30)16-6-3-2-4-7-16)10-17(14-26)23(29)27-18-8-5-9-19(13-18)28(31)32/h2-13H,1H3,(H,27,29)/b17-10+. The van der Waals surface area contributed by atoms with E-state index in [1.165, 1.54) is 43.5 Å². The van der Waals surface area contributed by atoms with Crippen LogP contribution >= 0.6 is 15.9 Å². The molecule has 0 aliphatic carbocycles. The quantitative estimate of drug-likeness (QED) is 0.114. The largest absolute Gasteiger partial charge is 0.493 e. The fourth-order valence-electron chi connectivity index (χ4n) is 2.86. The zero-order chi connectivity index (χ0) is 24.7. The van der Waals surface area contributed by atoms with Crippen LogP contribution in [0.1, 0.15) is 15.9 Å². The molecule has 0 saturated carbocycles. The second-order valence-electron chi connectivity index (χ2n) is 6.72. The van der Waals surface area contributed by atoms with E-state index in [2.05, 4.69) is 21.2 Å². The summed E-state index contributed by atoms with van der Waals surface area (Å²) in [6, 6.07) is 18.6. The van der Waals surface area contributed by atoms with E-state index in [-0.39, 0.29) is 28.4 Å². The van der Waals surface area contributed by atoms with E-state index < -0.39 is 16.8 Å². The average Bonchev–Trinajstić information content (AvgIpc) is 2.84. The molecule has 170 valence electrons. The van der Waals surface area contributed by atoms with E-state index in [9.17, 15) is 25.0 Å². The van der Waals surface area contributed by atoms with Crippen molar-refractivity contribution in [2.75, 3.05) is 12.4 Å². The van der Waals surface area contributed by atoms with Gasteiger partial charge in [0, 0.05) is 17.8 Å². The number of esters is 1. The molecule has 0 saturated heterocycles. The number of halogens is 1. The topological polar surface area (TPSA) is 132 Å². The van der Waals surface area contributed by atoms with Gasteiger partial charge in [-0.3, -0.25) is 14.9 Å². The first kappa shape index (κ1) is 24.2. The minimum atomic E-state index is -0.752. The number of benzene rings is 3. The number of rotatable bonds is 7. The van der Waals surface area contributed by atoms with Crippen molar-refractivity contribution in [2.45, 2.75) is 0 Å². The van der Waals surface area contributed by atoms with Crippen molar-refractivity contribution >= 4 is 45.3 Å². The van der Waals surface area contributed by atoms with E-state index in [0.29, 0.717) is 15.6 Å². The highest BCUT2D eigenvalue weighted by molar-refractivity contribution is 9.10. The third kappa shape index (κ3) is 5.85. The summed E-state index contributed by atoms with van der Waals surface area (Å²) in [7, 11) is 1.38. The van der Waals surface area contributed by atoms with Crippen LogP contribution in [0.25, 0.3) is 6.08 Å². The molecule has 0 spiro atoms. The molecule has 3 aromatic carbocycles. The summed E-state index contributed by atoms with van der Waals surface area (Å²) in [5.74, 6) is -1.01. The third-order valence-electron chi connectivity index (χ3n) is 4.45. The van der Waals surface area contributed by atoms with Gasteiger partial charge in [0.25, 0.3) is 11.6 Å². The van der Waals surface area contributed by atoms with Crippen molar-refractivity contribution in [3.63, 3.8) is 0 Å². The first-order chi connectivity index (χ1) is 16.3. The van der Waals surface area contributed by atoms with Gasteiger partial charge in [-0.05, 0) is 57.9 Å². The molecular formula is C24H16BrN3O6. The highest BCUT2D eigenvalue weighted by atomic mass is 79.9. The number of carbonyl (C=O) groups is 2. The minimum Gasteiger partial charge on any atom is -0.493 e. The molecule has 1 N–H and O–H groups in total. The molecule has 3 rings (SSSR count). The maximum atomic E-state index is 12.6. The average molecular weight is 522 g/mol. The van der Waals surface area contributed by atoms with Gasteiger partial charge in [-0.2, -0.15) is 5.26 Å². The minimum absolute atomic E-state index is 0.132. The van der Waals surface area contributed by atoms with E-state index in [1.54, 1.807) is 42.5 Å². The van der Waals surface area contributed by atoms with Crippen LogP contribution < -0.4 is 14.8 Å². The highest BCUT2D eigenvalue weighted by Gasteiger charge is 2.18. The van der Waals surface area contributed by atoms with Crippen LogP contribution in [0.5, 0.6) is 11.5 Å². The van der Waals surface area contributed by atoms with Gasteiger partial charge >= 0.3 is 5.97 Å². The molecule has 0 bridgehead atoms. The molecule has 0 fully saturated rings. The Morgan fingerprint density at radius 2 is 1.85 bits per heavy atom. The summed E-state index contributed by atoms with van der Waals surface area (Å²) in [4.78, 5) is 35.3. The SMILES string of the molecule is COc1cc(/C=C(\C#N)C(=O)Nc2cccc([N+](=O)[O-])c2)cc(Br)c1OC(=O)c1ccccc1. The zero-order valence-electron chi connectivity index (χ0n) is 17.7. The summed E-state index contributed by atoms with van der Waals surface area (Å²) in [5.41, 5.74) is 0.477.